The first kappa shape index (κ1) is 12.0. The quantitative estimate of drug-likeness (QED) is 0.814. The molecule has 0 saturated heterocycles. The number of nitrogens with zero attached hydrogens (tertiary/aromatic N) is 4. The van der Waals surface area contributed by atoms with Gasteiger partial charge in [-0.3, -0.25) is 0 Å². The Bertz CT molecular complexity index is 526. The Kier molecular flexibility index (Phi) is 3.52. The van der Waals surface area contributed by atoms with Gasteiger partial charge in [0, 0.05) is 31.2 Å². The van der Waals surface area contributed by atoms with Crippen molar-refractivity contribution in [1.29, 1.82) is 0 Å². The monoisotopic (exact) mass is 247 g/mol. The van der Waals surface area contributed by atoms with E-state index in [2.05, 4.69) is 20.3 Å². The van der Waals surface area contributed by atoms with Gasteiger partial charge in [-0.15, -0.1) is 0 Å². The van der Waals surface area contributed by atoms with E-state index in [1.165, 1.54) is 12.3 Å². The molecule has 2 N–H and O–H groups in total. The first-order chi connectivity index (χ1) is 8.65. The molecular formula is C11H13N5O2. The van der Waals surface area contributed by atoms with Crippen LogP contribution in [0.5, 0.6) is 0 Å². The number of hydrogen-bond acceptors (Lipinski definition) is 5. The Labute approximate surface area is 104 Å². The average Bonchev–Trinajstić information content (AvgIpc) is 2.82. The molecule has 0 amide bonds. The minimum atomic E-state index is -1.07. The van der Waals surface area contributed by atoms with E-state index in [1.807, 2.05) is 17.7 Å². The van der Waals surface area contributed by atoms with E-state index in [9.17, 15) is 4.79 Å². The maximum absolute atomic E-state index is 10.8. The van der Waals surface area contributed by atoms with Crippen LogP contribution in [0.1, 0.15) is 17.4 Å². The number of imidazole rings is 1. The largest absolute Gasteiger partial charge is 0.477 e. The minimum absolute atomic E-state index is 0.0256. The summed E-state index contributed by atoms with van der Waals surface area (Å²) in [5.74, 6) is -0.759. The van der Waals surface area contributed by atoms with Gasteiger partial charge in [0.2, 0.25) is 5.95 Å². The summed E-state index contributed by atoms with van der Waals surface area (Å²) in [5, 5.41) is 11.9. The van der Waals surface area contributed by atoms with E-state index in [0.29, 0.717) is 12.5 Å². The molecule has 2 rings (SSSR count). The van der Waals surface area contributed by atoms with Crippen LogP contribution in [0.15, 0.2) is 31.0 Å². The number of carboxylic acid groups (broad SMARTS) is 1. The van der Waals surface area contributed by atoms with Crippen LogP contribution in [-0.2, 0) is 6.54 Å². The van der Waals surface area contributed by atoms with Gasteiger partial charge in [-0.05, 0) is 13.0 Å². The van der Waals surface area contributed by atoms with E-state index in [1.54, 1.807) is 12.5 Å². The van der Waals surface area contributed by atoms with Crippen molar-refractivity contribution in [3.63, 3.8) is 0 Å². The zero-order valence-electron chi connectivity index (χ0n) is 9.82. The summed E-state index contributed by atoms with van der Waals surface area (Å²) in [5.41, 5.74) is -0.0256. The van der Waals surface area contributed by atoms with Crippen LogP contribution in [0.3, 0.4) is 0 Å². The second-order valence-electron chi connectivity index (χ2n) is 3.88. The fraction of sp³-hybridized carbons (Fsp3) is 0.273. The standard InChI is InChI=1S/C11H13N5O2/c1-8(6-16-5-4-12-7-16)14-11-13-3-2-9(15-11)10(17)18/h2-5,7-8H,6H2,1H3,(H,17,18)(H,13,14,15). The summed E-state index contributed by atoms with van der Waals surface area (Å²) in [7, 11) is 0. The molecule has 0 aromatic carbocycles. The zero-order chi connectivity index (χ0) is 13.0. The molecule has 0 spiro atoms. The Morgan fingerprint density at radius 3 is 3.06 bits per heavy atom. The number of anilines is 1. The first-order valence-corrected chi connectivity index (χ1v) is 5.44. The molecule has 2 heterocycles. The van der Waals surface area contributed by atoms with E-state index in [-0.39, 0.29) is 11.7 Å². The smallest absolute Gasteiger partial charge is 0.354 e. The Morgan fingerprint density at radius 2 is 2.39 bits per heavy atom. The van der Waals surface area contributed by atoms with Crippen LogP contribution < -0.4 is 5.32 Å². The summed E-state index contributed by atoms with van der Waals surface area (Å²) < 4.78 is 1.92. The van der Waals surface area contributed by atoms with Gasteiger partial charge < -0.3 is 15.0 Å². The van der Waals surface area contributed by atoms with Crippen LogP contribution in [0.25, 0.3) is 0 Å². The predicted octanol–water partition coefficient (Wildman–Crippen LogP) is 0.872. The van der Waals surface area contributed by atoms with Gasteiger partial charge in [-0.1, -0.05) is 0 Å². The predicted molar refractivity (Wildman–Crippen MR) is 64.3 cm³/mol. The molecule has 0 aliphatic rings. The maximum atomic E-state index is 10.8. The lowest BCUT2D eigenvalue weighted by Gasteiger charge is -2.14. The lowest BCUT2D eigenvalue weighted by atomic mass is 10.3. The van der Waals surface area contributed by atoms with Gasteiger partial charge in [-0.2, -0.15) is 0 Å². The normalized spacial score (nSPS) is 12.1. The molecule has 0 bridgehead atoms. The molecule has 1 unspecified atom stereocenters. The fourth-order valence-electron chi connectivity index (χ4n) is 1.52. The van der Waals surface area contributed by atoms with Crippen LogP contribution >= 0.6 is 0 Å². The fourth-order valence-corrected chi connectivity index (χ4v) is 1.52. The zero-order valence-corrected chi connectivity index (χ0v) is 9.82. The topological polar surface area (TPSA) is 92.9 Å². The van der Waals surface area contributed by atoms with Crippen molar-refractivity contribution in [2.24, 2.45) is 0 Å². The summed E-state index contributed by atoms with van der Waals surface area (Å²) in [4.78, 5) is 22.6. The molecule has 94 valence electrons. The van der Waals surface area contributed by atoms with Crippen LogP contribution in [0.2, 0.25) is 0 Å². The van der Waals surface area contributed by atoms with Crippen molar-refractivity contribution in [3.05, 3.63) is 36.7 Å². The SMILES string of the molecule is CC(Cn1ccnc1)Nc1nccc(C(=O)O)n1. The number of hydrogen-bond donors (Lipinski definition) is 2. The van der Waals surface area contributed by atoms with Crippen molar-refractivity contribution >= 4 is 11.9 Å². The van der Waals surface area contributed by atoms with Crippen LogP contribution in [-0.4, -0.2) is 36.6 Å². The number of carbonyl (C=O) groups is 1. The summed E-state index contributed by atoms with van der Waals surface area (Å²) >= 11 is 0. The van der Waals surface area contributed by atoms with E-state index in [4.69, 9.17) is 5.11 Å². The third kappa shape index (κ3) is 3.03. The molecule has 18 heavy (non-hydrogen) atoms. The molecule has 2 aromatic heterocycles. The first-order valence-electron chi connectivity index (χ1n) is 5.44. The van der Waals surface area contributed by atoms with Crippen molar-refractivity contribution in [2.75, 3.05) is 5.32 Å². The van der Waals surface area contributed by atoms with Gasteiger partial charge in [-0.25, -0.2) is 19.7 Å². The number of nitrogens with one attached hydrogen (secondary N) is 1. The summed E-state index contributed by atoms with van der Waals surface area (Å²) in [6.07, 6.45) is 6.69. The van der Waals surface area contributed by atoms with Crippen LogP contribution in [0.4, 0.5) is 5.95 Å². The van der Waals surface area contributed by atoms with Crippen LogP contribution in [0, 0.1) is 0 Å². The molecule has 0 saturated carbocycles. The van der Waals surface area contributed by atoms with Crippen molar-refractivity contribution < 1.29 is 9.90 Å². The van der Waals surface area contributed by atoms with Gasteiger partial charge in [0.1, 0.15) is 0 Å². The highest BCUT2D eigenvalue weighted by molar-refractivity contribution is 5.85. The second-order valence-corrected chi connectivity index (χ2v) is 3.88. The molecule has 0 radical (unpaired) electrons. The Morgan fingerprint density at radius 1 is 1.56 bits per heavy atom. The number of carboxylic acids is 1. The van der Waals surface area contributed by atoms with E-state index in [0.717, 1.165) is 0 Å². The molecule has 1 atom stereocenters. The van der Waals surface area contributed by atoms with Crippen molar-refractivity contribution in [1.82, 2.24) is 19.5 Å². The Hall–Kier alpha value is -2.44. The molecule has 0 aliphatic heterocycles. The molecular weight excluding hydrogens is 234 g/mol. The molecule has 0 fully saturated rings. The molecule has 2 aromatic rings. The Balaban J connectivity index is 2.00. The molecule has 7 heteroatoms. The third-order valence-corrected chi connectivity index (χ3v) is 2.29. The highest BCUT2D eigenvalue weighted by atomic mass is 16.4. The van der Waals surface area contributed by atoms with E-state index >= 15 is 0 Å². The average molecular weight is 247 g/mol. The highest BCUT2D eigenvalue weighted by Gasteiger charge is 2.08. The number of aromatic carboxylic acids is 1. The van der Waals surface area contributed by atoms with Gasteiger partial charge in [0.05, 0.1) is 6.33 Å². The van der Waals surface area contributed by atoms with Crippen molar-refractivity contribution in [3.8, 4) is 0 Å². The van der Waals surface area contributed by atoms with Gasteiger partial charge in [0.25, 0.3) is 0 Å². The minimum Gasteiger partial charge on any atom is -0.477 e. The van der Waals surface area contributed by atoms with E-state index < -0.39 is 5.97 Å². The maximum Gasteiger partial charge on any atom is 0.354 e. The second kappa shape index (κ2) is 5.26. The number of rotatable bonds is 5. The highest BCUT2D eigenvalue weighted by Crippen LogP contribution is 2.04. The van der Waals surface area contributed by atoms with Crippen molar-refractivity contribution in [2.45, 2.75) is 19.5 Å². The lowest BCUT2D eigenvalue weighted by molar-refractivity contribution is 0.0690. The number of aromatic nitrogens is 4. The molecule has 7 nitrogen and oxygen atoms in total. The third-order valence-electron chi connectivity index (χ3n) is 2.29. The lowest BCUT2D eigenvalue weighted by Crippen LogP contribution is -2.23. The molecule has 0 aliphatic carbocycles. The van der Waals surface area contributed by atoms with Gasteiger partial charge in [0.15, 0.2) is 5.69 Å². The van der Waals surface area contributed by atoms with Gasteiger partial charge >= 0.3 is 5.97 Å². The summed E-state index contributed by atoms with van der Waals surface area (Å²) in [6, 6.07) is 1.41. The summed E-state index contributed by atoms with van der Waals surface area (Å²) in [6.45, 7) is 2.65.